The van der Waals surface area contributed by atoms with Crippen molar-refractivity contribution >= 4 is 11.7 Å². The van der Waals surface area contributed by atoms with Crippen molar-refractivity contribution in [1.82, 2.24) is 19.7 Å². The van der Waals surface area contributed by atoms with Crippen LogP contribution >= 0.6 is 0 Å². The highest BCUT2D eigenvalue weighted by atomic mass is 16.5. The van der Waals surface area contributed by atoms with Crippen molar-refractivity contribution in [2.24, 2.45) is 7.05 Å². The molecule has 7 nitrogen and oxygen atoms in total. The first-order chi connectivity index (χ1) is 12.0. The van der Waals surface area contributed by atoms with E-state index in [0.717, 1.165) is 28.5 Å². The molecule has 1 atom stereocenters. The smallest absolute Gasteiger partial charge is 0.227 e. The average molecular weight is 343 g/mol. The van der Waals surface area contributed by atoms with Gasteiger partial charge in [0, 0.05) is 31.9 Å². The summed E-state index contributed by atoms with van der Waals surface area (Å²) in [5.74, 6) is 0.906. The number of nitrogens with zero attached hydrogens (tertiary/aromatic N) is 4. The number of carbonyl (C=O) groups is 1. The van der Waals surface area contributed by atoms with E-state index in [4.69, 9.17) is 4.74 Å². The molecule has 0 radical (unpaired) electrons. The van der Waals surface area contributed by atoms with E-state index in [-0.39, 0.29) is 12.0 Å². The van der Waals surface area contributed by atoms with Gasteiger partial charge < -0.3 is 15.0 Å². The number of aryl methyl sites for hydroxylation is 2. The van der Waals surface area contributed by atoms with Gasteiger partial charge in [-0.2, -0.15) is 5.10 Å². The van der Waals surface area contributed by atoms with E-state index in [1.165, 1.54) is 0 Å². The van der Waals surface area contributed by atoms with Crippen LogP contribution in [0.25, 0.3) is 0 Å². The van der Waals surface area contributed by atoms with Crippen molar-refractivity contribution in [2.45, 2.75) is 26.4 Å². The Balaban J connectivity index is 1.71. The van der Waals surface area contributed by atoms with Crippen LogP contribution < -0.4 is 5.32 Å². The van der Waals surface area contributed by atoms with Gasteiger partial charge in [0.1, 0.15) is 11.9 Å². The highest BCUT2D eigenvalue weighted by molar-refractivity contribution is 5.79. The van der Waals surface area contributed by atoms with Crippen LogP contribution in [-0.2, 0) is 23.0 Å². The standard InChI is InChI=1S/C18H25N5O2/c1-12-14(13(2)22(4)21-12)10-18(24)23-8-9-25-16(11-23)15-6-5-7-17(19-3)20-15/h5-7,16H,8-11H2,1-4H3,(H,19,20)/t16-/m1/s1. The molecule has 25 heavy (non-hydrogen) atoms. The lowest BCUT2D eigenvalue weighted by Gasteiger charge is -2.33. The van der Waals surface area contributed by atoms with E-state index >= 15 is 0 Å². The third-order valence-corrected chi connectivity index (χ3v) is 4.76. The van der Waals surface area contributed by atoms with Gasteiger partial charge in [0.2, 0.25) is 5.91 Å². The molecule has 0 bridgehead atoms. The summed E-state index contributed by atoms with van der Waals surface area (Å²) in [7, 11) is 3.74. The Morgan fingerprint density at radius 3 is 2.88 bits per heavy atom. The van der Waals surface area contributed by atoms with E-state index in [2.05, 4.69) is 15.4 Å². The molecule has 0 spiro atoms. The number of morpholine rings is 1. The molecule has 1 aliphatic rings. The molecule has 1 N–H and O–H groups in total. The minimum absolute atomic E-state index is 0.109. The molecule has 0 saturated carbocycles. The van der Waals surface area contributed by atoms with E-state index < -0.39 is 0 Å². The number of ether oxygens (including phenoxy) is 1. The topological polar surface area (TPSA) is 72.3 Å². The fourth-order valence-corrected chi connectivity index (χ4v) is 3.16. The number of carbonyl (C=O) groups excluding carboxylic acids is 1. The zero-order valence-corrected chi connectivity index (χ0v) is 15.2. The summed E-state index contributed by atoms with van der Waals surface area (Å²) in [4.78, 5) is 19.2. The summed E-state index contributed by atoms with van der Waals surface area (Å²) >= 11 is 0. The Morgan fingerprint density at radius 2 is 2.20 bits per heavy atom. The zero-order chi connectivity index (χ0) is 18.0. The summed E-state index contributed by atoms with van der Waals surface area (Å²) < 4.78 is 7.67. The maximum absolute atomic E-state index is 12.8. The van der Waals surface area contributed by atoms with Gasteiger partial charge in [0.25, 0.3) is 0 Å². The molecule has 134 valence electrons. The molecule has 1 aliphatic heterocycles. The van der Waals surface area contributed by atoms with Gasteiger partial charge in [-0.15, -0.1) is 0 Å². The second kappa shape index (κ2) is 7.23. The van der Waals surface area contributed by atoms with Crippen LogP contribution in [0, 0.1) is 13.8 Å². The van der Waals surface area contributed by atoms with Gasteiger partial charge in [-0.1, -0.05) is 6.07 Å². The van der Waals surface area contributed by atoms with Crippen molar-refractivity contribution in [3.05, 3.63) is 40.8 Å². The third-order valence-electron chi connectivity index (χ3n) is 4.76. The second-order valence-electron chi connectivity index (χ2n) is 6.35. The minimum atomic E-state index is -0.193. The first kappa shape index (κ1) is 17.4. The maximum Gasteiger partial charge on any atom is 0.227 e. The molecule has 1 saturated heterocycles. The van der Waals surface area contributed by atoms with Crippen LogP contribution in [-0.4, -0.2) is 52.3 Å². The lowest BCUT2D eigenvalue weighted by atomic mass is 10.1. The molecule has 1 fully saturated rings. The molecule has 2 aromatic rings. The summed E-state index contributed by atoms with van der Waals surface area (Å²) in [6.07, 6.45) is 0.185. The number of hydrogen-bond donors (Lipinski definition) is 1. The van der Waals surface area contributed by atoms with E-state index in [9.17, 15) is 4.79 Å². The van der Waals surface area contributed by atoms with Gasteiger partial charge in [-0.25, -0.2) is 4.98 Å². The van der Waals surface area contributed by atoms with E-state index in [0.29, 0.717) is 26.1 Å². The predicted octanol–water partition coefficient (Wildman–Crippen LogP) is 1.62. The lowest BCUT2D eigenvalue weighted by Crippen LogP contribution is -2.43. The predicted molar refractivity (Wildman–Crippen MR) is 95.4 cm³/mol. The molecule has 3 rings (SSSR count). The summed E-state index contributed by atoms with van der Waals surface area (Å²) in [5, 5.41) is 7.43. The Hall–Kier alpha value is -2.41. The Labute approximate surface area is 148 Å². The Bertz CT molecular complexity index is 771. The highest BCUT2D eigenvalue weighted by Gasteiger charge is 2.27. The first-order valence-electron chi connectivity index (χ1n) is 8.52. The fourth-order valence-electron chi connectivity index (χ4n) is 3.16. The number of aromatic nitrogens is 3. The Kier molecular flexibility index (Phi) is 5.03. The quantitative estimate of drug-likeness (QED) is 0.913. The largest absolute Gasteiger partial charge is 0.373 e. The number of pyridine rings is 1. The number of nitrogens with one attached hydrogen (secondary N) is 1. The molecule has 2 aromatic heterocycles. The first-order valence-corrected chi connectivity index (χ1v) is 8.52. The molecule has 0 aromatic carbocycles. The summed E-state index contributed by atoms with van der Waals surface area (Å²) in [6.45, 7) is 5.60. The van der Waals surface area contributed by atoms with Crippen molar-refractivity contribution in [3.63, 3.8) is 0 Å². The van der Waals surface area contributed by atoms with Gasteiger partial charge in [-0.05, 0) is 26.0 Å². The van der Waals surface area contributed by atoms with E-state index in [1.54, 1.807) is 0 Å². The lowest BCUT2D eigenvalue weighted by molar-refractivity contribution is -0.138. The molecular weight excluding hydrogens is 318 g/mol. The highest BCUT2D eigenvalue weighted by Crippen LogP contribution is 2.23. The van der Waals surface area contributed by atoms with Crippen LogP contribution in [0.4, 0.5) is 5.82 Å². The van der Waals surface area contributed by atoms with Crippen molar-refractivity contribution < 1.29 is 9.53 Å². The number of hydrogen-bond acceptors (Lipinski definition) is 5. The molecule has 7 heteroatoms. The molecule has 3 heterocycles. The average Bonchev–Trinajstić information content (AvgIpc) is 2.88. The molecule has 0 unspecified atom stereocenters. The number of amides is 1. The van der Waals surface area contributed by atoms with E-state index in [1.807, 2.05) is 55.7 Å². The van der Waals surface area contributed by atoms with Gasteiger partial charge in [0.05, 0.1) is 31.0 Å². The maximum atomic E-state index is 12.8. The fraction of sp³-hybridized carbons (Fsp3) is 0.500. The SMILES string of the molecule is CNc1cccc([C@H]2CN(C(=O)Cc3c(C)nn(C)c3C)CCO2)n1. The van der Waals surface area contributed by atoms with Crippen LogP contribution in [0.1, 0.15) is 28.7 Å². The summed E-state index contributed by atoms with van der Waals surface area (Å²) in [5.41, 5.74) is 3.82. The zero-order valence-electron chi connectivity index (χ0n) is 15.2. The van der Waals surface area contributed by atoms with Gasteiger partial charge in [-0.3, -0.25) is 9.48 Å². The van der Waals surface area contributed by atoms with Crippen LogP contribution in [0.3, 0.4) is 0 Å². The van der Waals surface area contributed by atoms with Gasteiger partial charge in [0.15, 0.2) is 0 Å². The minimum Gasteiger partial charge on any atom is -0.373 e. The third kappa shape index (κ3) is 3.66. The van der Waals surface area contributed by atoms with Crippen LogP contribution in [0.2, 0.25) is 0 Å². The summed E-state index contributed by atoms with van der Waals surface area (Å²) in [6, 6.07) is 5.79. The molecular formula is C18H25N5O2. The van der Waals surface area contributed by atoms with Crippen LogP contribution in [0.5, 0.6) is 0 Å². The molecule has 0 aliphatic carbocycles. The van der Waals surface area contributed by atoms with Crippen molar-refractivity contribution in [2.75, 3.05) is 32.1 Å². The number of rotatable bonds is 4. The Morgan fingerprint density at radius 1 is 1.40 bits per heavy atom. The monoisotopic (exact) mass is 343 g/mol. The van der Waals surface area contributed by atoms with Crippen molar-refractivity contribution in [1.29, 1.82) is 0 Å². The normalized spacial score (nSPS) is 17.6. The molecule has 1 amide bonds. The second-order valence-corrected chi connectivity index (χ2v) is 6.35. The van der Waals surface area contributed by atoms with Gasteiger partial charge >= 0.3 is 0 Å². The number of anilines is 1. The van der Waals surface area contributed by atoms with Crippen molar-refractivity contribution in [3.8, 4) is 0 Å². The van der Waals surface area contributed by atoms with Crippen LogP contribution in [0.15, 0.2) is 18.2 Å².